The maximum atomic E-state index is 12.2. The topological polar surface area (TPSA) is 75.6 Å². The highest BCUT2D eigenvalue weighted by Gasteiger charge is 2.33. The molecule has 0 bridgehead atoms. The van der Waals surface area contributed by atoms with Crippen molar-refractivity contribution in [3.05, 3.63) is 71.8 Å². The molecule has 1 atom stereocenters. The number of nitrogens with zero attached hydrogens (tertiary/aromatic N) is 1. The van der Waals surface area contributed by atoms with Crippen LogP contribution < -0.4 is 5.32 Å². The van der Waals surface area contributed by atoms with Gasteiger partial charge in [0.05, 0.1) is 5.75 Å². The first-order valence-corrected chi connectivity index (χ1v) is 8.33. The second kappa shape index (κ2) is 7.23. The van der Waals surface area contributed by atoms with Crippen molar-refractivity contribution < 1.29 is 14.4 Å². The van der Waals surface area contributed by atoms with Crippen LogP contribution in [0.3, 0.4) is 0 Å². The largest absolute Gasteiger partial charge is 0.304 e. The van der Waals surface area contributed by atoms with E-state index in [2.05, 4.69) is 10.3 Å². The van der Waals surface area contributed by atoms with Crippen LogP contribution in [-0.4, -0.2) is 28.5 Å². The Hall–Kier alpha value is -2.73. The zero-order valence-corrected chi connectivity index (χ0v) is 13.5. The number of benzene rings is 2. The Morgan fingerprint density at radius 2 is 1.62 bits per heavy atom. The standard InChI is InChI=1S/C18H14N2O3S/c21-14(12-7-3-1-4-8-12)11-24-18-19-16(22)15(17(23)20-18)13-9-5-2-6-10-13/h1-10,15H,11H2,(H,19,20,22,23). The van der Waals surface area contributed by atoms with Crippen LogP contribution in [0.2, 0.25) is 0 Å². The summed E-state index contributed by atoms with van der Waals surface area (Å²) in [5.41, 5.74) is 1.19. The molecule has 0 fully saturated rings. The summed E-state index contributed by atoms with van der Waals surface area (Å²) in [4.78, 5) is 40.4. The highest BCUT2D eigenvalue weighted by atomic mass is 32.2. The number of nitrogens with one attached hydrogen (secondary N) is 1. The summed E-state index contributed by atoms with van der Waals surface area (Å²) in [6, 6.07) is 17.6. The highest BCUT2D eigenvalue weighted by molar-refractivity contribution is 8.14. The molecular weight excluding hydrogens is 324 g/mol. The van der Waals surface area contributed by atoms with Gasteiger partial charge in [-0.1, -0.05) is 72.4 Å². The fraction of sp³-hybridized carbons (Fsp3) is 0.111. The Morgan fingerprint density at radius 3 is 2.25 bits per heavy atom. The molecule has 24 heavy (non-hydrogen) atoms. The normalized spacial score (nSPS) is 17.2. The van der Waals surface area contributed by atoms with Crippen LogP contribution in [0.5, 0.6) is 0 Å². The maximum Gasteiger partial charge on any atom is 0.265 e. The van der Waals surface area contributed by atoms with Gasteiger partial charge in [0.2, 0.25) is 5.91 Å². The molecule has 1 N–H and O–H groups in total. The molecule has 0 saturated heterocycles. The van der Waals surface area contributed by atoms with Gasteiger partial charge in [-0.2, -0.15) is 4.99 Å². The summed E-state index contributed by atoms with van der Waals surface area (Å²) in [6.45, 7) is 0. The molecule has 2 aromatic carbocycles. The van der Waals surface area contributed by atoms with Crippen molar-refractivity contribution in [1.82, 2.24) is 5.32 Å². The van der Waals surface area contributed by atoms with Crippen LogP contribution in [0, 0.1) is 0 Å². The van der Waals surface area contributed by atoms with Gasteiger partial charge in [-0.25, -0.2) is 0 Å². The van der Waals surface area contributed by atoms with Crippen molar-refractivity contribution in [3.63, 3.8) is 0 Å². The molecule has 5 nitrogen and oxygen atoms in total. The number of amides is 2. The van der Waals surface area contributed by atoms with Crippen LogP contribution >= 0.6 is 11.8 Å². The van der Waals surface area contributed by atoms with Gasteiger partial charge in [0.1, 0.15) is 5.92 Å². The lowest BCUT2D eigenvalue weighted by Gasteiger charge is -2.19. The summed E-state index contributed by atoms with van der Waals surface area (Å²) >= 11 is 1.05. The summed E-state index contributed by atoms with van der Waals surface area (Å²) in [7, 11) is 0. The molecule has 0 aromatic heterocycles. The highest BCUT2D eigenvalue weighted by Crippen LogP contribution is 2.22. The Balaban J connectivity index is 1.67. The molecule has 2 amide bonds. The minimum Gasteiger partial charge on any atom is -0.304 e. The third-order valence-electron chi connectivity index (χ3n) is 3.52. The molecule has 1 aliphatic heterocycles. The van der Waals surface area contributed by atoms with Crippen molar-refractivity contribution >= 4 is 34.5 Å². The van der Waals surface area contributed by atoms with E-state index in [9.17, 15) is 14.4 Å². The number of rotatable bonds is 4. The molecule has 0 saturated carbocycles. The molecule has 2 aromatic rings. The monoisotopic (exact) mass is 338 g/mol. The second-order valence-corrected chi connectivity index (χ2v) is 6.13. The SMILES string of the molecule is O=C(CSC1=NC(=O)C(c2ccccc2)C(=O)N1)c1ccccc1. The van der Waals surface area contributed by atoms with E-state index in [0.717, 1.165) is 11.8 Å². The minimum absolute atomic E-state index is 0.0878. The lowest BCUT2D eigenvalue weighted by Crippen LogP contribution is -2.41. The fourth-order valence-corrected chi connectivity index (χ4v) is 3.09. The fourth-order valence-electron chi connectivity index (χ4n) is 2.33. The Morgan fingerprint density at radius 1 is 1.00 bits per heavy atom. The lowest BCUT2D eigenvalue weighted by atomic mass is 9.97. The number of ketones is 1. The third kappa shape index (κ3) is 3.60. The molecule has 1 unspecified atom stereocenters. The Bertz CT molecular complexity index is 804. The number of Topliss-reactive ketones (excluding diaryl/α,β-unsaturated/α-hetero) is 1. The lowest BCUT2D eigenvalue weighted by molar-refractivity contribution is -0.129. The van der Waals surface area contributed by atoms with Gasteiger partial charge in [-0.3, -0.25) is 14.4 Å². The van der Waals surface area contributed by atoms with E-state index >= 15 is 0 Å². The Labute approximate surface area is 143 Å². The van der Waals surface area contributed by atoms with E-state index in [-0.39, 0.29) is 16.7 Å². The molecule has 0 radical (unpaired) electrons. The van der Waals surface area contributed by atoms with Crippen molar-refractivity contribution in [3.8, 4) is 0 Å². The van der Waals surface area contributed by atoms with Gasteiger partial charge in [-0.05, 0) is 5.56 Å². The zero-order valence-electron chi connectivity index (χ0n) is 12.6. The number of amidine groups is 1. The average molecular weight is 338 g/mol. The van der Waals surface area contributed by atoms with Gasteiger partial charge in [-0.15, -0.1) is 0 Å². The minimum atomic E-state index is -0.930. The summed E-state index contributed by atoms with van der Waals surface area (Å²) in [5.74, 6) is -1.85. The van der Waals surface area contributed by atoms with E-state index in [1.54, 1.807) is 48.5 Å². The van der Waals surface area contributed by atoms with Crippen LogP contribution in [0.25, 0.3) is 0 Å². The van der Waals surface area contributed by atoms with Crippen LogP contribution in [0.4, 0.5) is 0 Å². The van der Waals surface area contributed by atoms with Crippen LogP contribution in [0.1, 0.15) is 21.8 Å². The predicted molar refractivity (Wildman–Crippen MR) is 93.0 cm³/mol. The van der Waals surface area contributed by atoms with Gasteiger partial charge >= 0.3 is 0 Å². The summed E-state index contributed by atoms with van der Waals surface area (Å²) in [5, 5.41) is 2.77. The first-order chi connectivity index (χ1) is 11.6. The van der Waals surface area contributed by atoms with E-state index in [1.165, 1.54) is 0 Å². The molecule has 120 valence electrons. The quantitative estimate of drug-likeness (QED) is 0.686. The average Bonchev–Trinajstić information content (AvgIpc) is 2.61. The Kier molecular flexibility index (Phi) is 4.86. The zero-order chi connectivity index (χ0) is 16.9. The summed E-state index contributed by atoms with van der Waals surface area (Å²) in [6.07, 6.45) is 0. The van der Waals surface area contributed by atoms with Gasteiger partial charge in [0, 0.05) is 5.56 Å². The van der Waals surface area contributed by atoms with Crippen LogP contribution in [0.15, 0.2) is 65.7 Å². The number of thioether (sulfide) groups is 1. The first kappa shape index (κ1) is 16.1. The second-order valence-electron chi connectivity index (χ2n) is 5.17. The molecule has 6 heteroatoms. The van der Waals surface area contributed by atoms with Crippen molar-refractivity contribution in [1.29, 1.82) is 0 Å². The van der Waals surface area contributed by atoms with Crippen molar-refractivity contribution in [2.45, 2.75) is 5.92 Å². The number of hydrogen-bond donors (Lipinski definition) is 1. The molecule has 1 aliphatic rings. The molecule has 1 heterocycles. The van der Waals surface area contributed by atoms with Crippen molar-refractivity contribution in [2.75, 3.05) is 5.75 Å². The van der Waals surface area contributed by atoms with E-state index < -0.39 is 17.7 Å². The molecule has 3 rings (SSSR count). The first-order valence-electron chi connectivity index (χ1n) is 7.34. The number of carbonyl (C=O) groups is 3. The van der Waals surface area contributed by atoms with Gasteiger partial charge in [0.15, 0.2) is 11.0 Å². The maximum absolute atomic E-state index is 12.2. The van der Waals surface area contributed by atoms with Gasteiger partial charge in [0.25, 0.3) is 5.91 Å². The number of aliphatic imine (C=N–C) groups is 1. The summed E-state index contributed by atoms with van der Waals surface area (Å²) < 4.78 is 0. The van der Waals surface area contributed by atoms with E-state index in [4.69, 9.17) is 0 Å². The molecular formula is C18H14N2O3S. The van der Waals surface area contributed by atoms with E-state index in [1.807, 2.05) is 12.1 Å². The number of carbonyl (C=O) groups excluding carboxylic acids is 3. The molecule has 0 aliphatic carbocycles. The van der Waals surface area contributed by atoms with Gasteiger partial charge < -0.3 is 5.32 Å². The smallest absolute Gasteiger partial charge is 0.265 e. The van der Waals surface area contributed by atoms with E-state index in [0.29, 0.717) is 11.1 Å². The predicted octanol–water partition coefficient (Wildman–Crippen LogP) is 2.40. The van der Waals surface area contributed by atoms with Crippen molar-refractivity contribution in [2.24, 2.45) is 4.99 Å². The number of hydrogen-bond acceptors (Lipinski definition) is 4. The third-order valence-corrected chi connectivity index (χ3v) is 4.39. The van der Waals surface area contributed by atoms with Crippen LogP contribution in [-0.2, 0) is 9.59 Å². The molecule has 0 spiro atoms.